The number of benzene rings is 10. The van der Waals surface area contributed by atoms with E-state index < -0.39 is 5.41 Å². The van der Waals surface area contributed by atoms with Gasteiger partial charge < -0.3 is 4.90 Å². The standard InChI is InChI=1S/C64H47N/c1-63(2)58-32-17-15-30-53(58)55-39-38-52(41-60(55)63)65(51-36-34-46(35-37-51)44-20-7-3-8-21-44)62-43-61-57(42-56(62)48-25-19-24-47(40-48)45-22-9-4-10-23-45)54-31-16-18-33-59(54)64(61,49-26-11-5-12-27-49)50-28-13-6-14-29-50/h3-43H,1-2H3. The summed E-state index contributed by atoms with van der Waals surface area (Å²) >= 11 is 0. The zero-order valence-electron chi connectivity index (χ0n) is 36.6. The van der Waals surface area contributed by atoms with E-state index in [-0.39, 0.29) is 5.41 Å². The number of fused-ring (bicyclic) bond motifs is 6. The maximum absolute atomic E-state index is 2.54. The van der Waals surface area contributed by atoms with Gasteiger partial charge >= 0.3 is 0 Å². The van der Waals surface area contributed by atoms with Crippen LogP contribution < -0.4 is 4.90 Å². The zero-order valence-corrected chi connectivity index (χ0v) is 36.6. The van der Waals surface area contributed by atoms with Gasteiger partial charge in [0.15, 0.2) is 0 Å². The Morgan fingerprint density at radius 1 is 0.277 bits per heavy atom. The Hall–Kier alpha value is -8.00. The highest BCUT2D eigenvalue weighted by atomic mass is 15.1. The van der Waals surface area contributed by atoms with E-state index in [4.69, 9.17) is 0 Å². The molecular formula is C64H47N. The summed E-state index contributed by atoms with van der Waals surface area (Å²) in [6, 6.07) is 92.3. The molecule has 0 aliphatic heterocycles. The summed E-state index contributed by atoms with van der Waals surface area (Å²) in [6.45, 7) is 4.75. The Balaban J connectivity index is 1.18. The van der Waals surface area contributed by atoms with E-state index in [2.05, 4.69) is 267 Å². The van der Waals surface area contributed by atoms with E-state index in [1.807, 2.05) is 0 Å². The minimum absolute atomic E-state index is 0.174. The summed E-state index contributed by atoms with van der Waals surface area (Å²) in [7, 11) is 0. The topological polar surface area (TPSA) is 3.24 Å². The van der Waals surface area contributed by atoms with Gasteiger partial charge in [-0.25, -0.2) is 0 Å². The highest BCUT2D eigenvalue weighted by Crippen LogP contribution is 2.59. The number of hydrogen-bond donors (Lipinski definition) is 0. The number of hydrogen-bond acceptors (Lipinski definition) is 1. The third kappa shape index (κ3) is 6.15. The Morgan fingerprint density at radius 3 is 1.40 bits per heavy atom. The first-order valence-corrected chi connectivity index (χ1v) is 22.8. The molecule has 0 aromatic heterocycles. The Labute approximate surface area is 382 Å². The molecule has 2 aliphatic carbocycles. The Kier molecular flexibility index (Phi) is 9.14. The molecule has 0 amide bonds. The van der Waals surface area contributed by atoms with Crippen molar-refractivity contribution in [3.05, 3.63) is 282 Å². The maximum atomic E-state index is 2.54. The summed E-state index contributed by atoms with van der Waals surface area (Å²) in [5.41, 5.74) is 22.6. The predicted octanol–water partition coefficient (Wildman–Crippen LogP) is 16.8. The molecule has 308 valence electrons. The molecule has 10 aromatic rings. The summed E-state index contributed by atoms with van der Waals surface area (Å²) in [6.07, 6.45) is 0. The van der Waals surface area contributed by atoms with Crippen LogP contribution in [0.2, 0.25) is 0 Å². The van der Waals surface area contributed by atoms with Gasteiger partial charge in [-0.05, 0) is 126 Å². The summed E-state index contributed by atoms with van der Waals surface area (Å²) in [4.78, 5) is 2.53. The molecule has 1 heteroatoms. The average Bonchev–Trinajstić information content (AvgIpc) is 3.80. The lowest BCUT2D eigenvalue weighted by Crippen LogP contribution is -2.28. The second-order valence-electron chi connectivity index (χ2n) is 18.0. The first-order chi connectivity index (χ1) is 32.0. The largest absolute Gasteiger partial charge is 0.310 e. The molecule has 0 heterocycles. The Bertz CT molecular complexity index is 3330. The van der Waals surface area contributed by atoms with Crippen molar-refractivity contribution in [3.8, 4) is 55.6 Å². The molecule has 0 saturated heterocycles. The quantitative estimate of drug-likeness (QED) is 0.147. The van der Waals surface area contributed by atoms with Crippen LogP contribution in [-0.2, 0) is 10.8 Å². The van der Waals surface area contributed by atoms with Crippen molar-refractivity contribution in [2.24, 2.45) is 0 Å². The van der Waals surface area contributed by atoms with Gasteiger partial charge in [-0.3, -0.25) is 0 Å². The minimum atomic E-state index is -0.571. The van der Waals surface area contributed by atoms with Crippen LogP contribution in [0.25, 0.3) is 55.6 Å². The molecule has 0 saturated carbocycles. The number of nitrogens with zero attached hydrogens (tertiary/aromatic N) is 1. The first-order valence-electron chi connectivity index (χ1n) is 22.8. The fourth-order valence-electron chi connectivity index (χ4n) is 11.1. The first kappa shape index (κ1) is 38.7. The lowest BCUT2D eigenvalue weighted by molar-refractivity contribution is 0.660. The molecule has 0 unspecified atom stereocenters. The van der Waals surface area contributed by atoms with Crippen molar-refractivity contribution in [1.29, 1.82) is 0 Å². The van der Waals surface area contributed by atoms with Crippen LogP contribution in [0.1, 0.15) is 47.2 Å². The van der Waals surface area contributed by atoms with Crippen molar-refractivity contribution in [2.45, 2.75) is 24.7 Å². The second kappa shape index (κ2) is 15.4. The van der Waals surface area contributed by atoms with E-state index in [0.29, 0.717) is 0 Å². The van der Waals surface area contributed by atoms with Crippen LogP contribution in [0.15, 0.2) is 249 Å². The summed E-state index contributed by atoms with van der Waals surface area (Å²) < 4.78 is 0. The monoisotopic (exact) mass is 829 g/mol. The van der Waals surface area contributed by atoms with Gasteiger partial charge in [0.1, 0.15) is 0 Å². The van der Waals surface area contributed by atoms with Crippen molar-refractivity contribution >= 4 is 17.1 Å². The second-order valence-corrected chi connectivity index (χ2v) is 18.0. The highest BCUT2D eigenvalue weighted by molar-refractivity contribution is 5.98. The van der Waals surface area contributed by atoms with Gasteiger partial charge in [0, 0.05) is 22.4 Å². The average molecular weight is 830 g/mol. The van der Waals surface area contributed by atoms with Crippen molar-refractivity contribution in [3.63, 3.8) is 0 Å². The normalized spacial score (nSPS) is 13.6. The highest BCUT2D eigenvalue weighted by Gasteiger charge is 2.47. The molecule has 0 radical (unpaired) electrons. The van der Waals surface area contributed by atoms with E-state index >= 15 is 0 Å². The lowest BCUT2D eigenvalue weighted by atomic mass is 9.67. The van der Waals surface area contributed by atoms with Gasteiger partial charge in [0.25, 0.3) is 0 Å². The third-order valence-corrected chi connectivity index (χ3v) is 14.2. The SMILES string of the molecule is CC1(C)c2ccccc2-c2ccc(N(c3ccc(-c4ccccc4)cc3)c3cc4c(cc3-c3cccc(-c5ccccc5)c3)-c3ccccc3C4(c3ccccc3)c3ccccc3)cc21. The van der Waals surface area contributed by atoms with E-state index in [1.165, 1.54) is 89.0 Å². The van der Waals surface area contributed by atoms with E-state index in [9.17, 15) is 0 Å². The molecule has 12 rings (SSSR count). The zero-order chi connectivity index (χ0) is 43.5. The molecule has 2 aliphatic rings. The predicted molar refractivity (Wildman–Crippen MR) is 272 cm³/mol. The molecule has 1 nitrogen and oxygen atoms in total. The van der Waals surface area contributed by atoms with Gasteiger partial charge in [0.05, 0.1) is 11.1 Å². The summed E-state index contributed by atoms with van der Waals surface area (Å²) in [5.74, 6) is 0. The molecular weight excluding hydrogens is 783 g/mol. The van der Waals surface area contributed by atoms with Crippen LogP contribution in [0, 0.1) is 0 Å². The van der Waals surface area contributed by atoms with Gasteiger partial charge in [-0.1, -0.05) is 220 Å². The third-order valence-electron chi connectivity index (χ3n) is 14.2. The van der Waals surface area contributed by atoms with Crippen LogP contribution in [0.4, 0.5) is 17.1 Å². The van der Waals surface area contributed by atoms with E-state index in [0.717, 1.165) is 17.1 Å². The van der Waals surface area contributed by atoms with Gasteiger partial charge in [-0.2, -0.15) is 0 Å². The maximum Gasteiger partial charge on any atom is 0.0714 e. The number of anilines is 3. The van der Waals surface area contributed by atoms with E-state index in [1.54, 1.807) is 0 Å². The summed E-state index contributed by atoms with van der Waals surface area (Å²) in [5, 5.41) is 0. The van der Waals surface area contributed by atoms with Gasteiger partial charge in [0.2, 0.25) is 0 Å². The molecule has 0 bridgehead atoms. The Morgan fingerprint density at radius 2 is 0.754 bits per heavy atom. The molecule has 10 aromatic carbocycles. The molecule has 0 atom stereocenters. The van der Waals surface area contributed by atoms with Crippen LogP contribution in [0.5, 0.6) is 0 Å². The van der Waals surface area contributed by atoms with Crippen LogP contribution in [0.3, 0.4) is 0 Å². The molecule has 0 spiro atoms. The fourth-order valence-corrected chi connectivity index (χ4v) is 11.1. The molecule has 0 N–H and O–H groups in total. The van der Waals surface area contributed by atoms with Crippen LogP contribution >= 0.6 is 0 Å². The molecule has 0 fully saturated rings. The van der Waals surface area contributed by atoms with Crippen molar-refractivity contribution in [1.82, 2.24) is 0 Å². The lowest BCUT2D eigenvalue weighted by Gasteiger charge is -2.35. The van der Waals surface area contributed by atoms with Crippen molar-refractivity contribution < 1.29 is 0 Å². The van der Waals surface area contributed by atoms with Gasteiger partial charge in [-0.15, -0.1) is 0 Å². The van der Waals surface area contributed by atoms with Crippen molar-refractivity contribution in [2.75, 3.05) is 4.90 Å². The minimum Gasteiger partial charge on any atom is -0.310 e. The number of rotatable bonds is 8. The smallest absolute Gasteiger partial charge is 0.0714 e. The fraction of sp³-hybridized carbons (Fsp3) is 0.0625. The van der Waals surface area contributed by atoms with Crippen LogP contribution in [-0.4, -0.2) is 0 Å². The molecule has 65 heavy (non-hydrogen) atoms.